The summed E-state index contributed by atoms with van der Waals surface area (Å²) >= 11 is 2.05. The Balaban J connectivity index is 2.70. The minimum absolute atomic E-state index is 0.165. The van der Waals surface area contributed by atoms with E-state index in [2.05, 4.69) is 44.4 Å². The molecule has 1 fully saturated rings. The first-order valence-electron chi connectivity index (χ1n) is 7.10. The van der Waals surface area contributed by atoms with E-state index in [1.54, 1.807) is 0 Å². The van der Waals surface area contributed by atoms with Crippen molar-refractivity contribution in [3.63, 3.8) is 0 Å². The highest BCUT2D eigenvalue weighted by atomic mass is 32.2. The Morgan fingerprint density at radius 1 is 1.28 bits per heavy atom. The van der Waals surface area contributed by atoms with Gasteiger partial charge in [0.15, 0.2) is 0 Å². The second-order valence-electron chi connectivity index (χ2n) is 6.04. The van der Waals surface area contributed by atoms with Crippen molar-refractivity contribution in [2.75, 3.05) is 44.4 Å². The summed E-state index contributed by atoms with van der Waals surface area (Å²) in [5, 5.41) is 0. The van der Waals surface area contributed by atoms with Crippen molar-refractivity contribution in [3.8, 4) is 0 Å². The number of hydrogen-bond donors (Lipinski definition) is 1. The molecule has 18 heavy (non-hydrogen) atoms. The van der Waals surface area contributed by atoms with Crippen LogP contribution in [0.5, 0.6) is 0 Å². The van der Waals surface area contributed by atoms with Crippen LogP contribution < -0.4 is 5.73 Å². The van der Waals surface area contributed by atoms with Crippen LogP contribution in [-0.2, 0) is 4.74 Å². The summed E-state index contributed by atoms with van der Waals surface area (Å²) in [6, 6.07) is 0. The molecule has 1 saturated heterocycles. The standard InChI is InChI=1S/C14H30N2OS/c1-5-16(7-8-17-6-2)14(10-15)9-13(3,4)11-18-12-14/h5-12,15H2,1-4H3. The fourth-order valence-corrected chi connectivity index (χ4v) is 4.56. The van der Waals surface area contributed by atoms with Crippen LogP contribution in [0.15, 0.2) is 0 Å². The number of thioether (sulfide) groups is 1. The molecule has 4 heteroatoms. The Kier molecular flexibility index (Phi) is 6.45. The van der Waals surface area contributed by atoms with E-state index < -0.39 is 0 Å². The minimum atomic E-state index is 0.165. The summed E-state index contributed by atoms with van der Waals surface area (Å²) in [7, 11) is 0. The largest absolute Gasteiger partial charge is 0.380 e. The number of ether oxygens (including phenoxy) is 1. The predicted molar refractivity (Wildman–Crippen MR) is 81.2 cm³/mol. The van der Waals surface area contributed by atoms with E-state index in [-0.39, 0.29) is 5.54 Å². The predicted octanol–water partition coefficient (Wildman–Crippen LogP) is 2.21. The molecule has 1 aliphatic rings. The summed E-state index contributed by atoms with van der Waals surface area (Å²) in [5.74, 6) is 2.41. The molecule has 1 rings (SSSR count). The Morgan fingerprint density at radius 3 is 2.50 bits per heavy atom. The molecule has 0 saturated carbocycles. The van der Waals surface area contributed by atoms with Gasteiger partial charge in [-0.15, -0.1) is 0 Å². The zero-order chi connectivity index (χ0) is 13.6. The van der Waals surface area contributed by atoms with Gasteiger partial charge >= 0.3 is 0 Å². The first-order chi connectivity index (χ1) is 8.49. The SMILES string of the molecule is CCOCCN(CC)C1(CN)CSCC(C)(C)C1. The number of hydrogen-bond acceptors (Lipinski definition) is 4. The highest BCUT2D eigenvalue weighted by Gasteiger charge is 2.42. The van der Waals surface area contributed by atoms with Gasteiger partial charge in [0.05, 0.1) is 6.61 Å². The maximum absolute atomic E-state index is 6.14. The van der Waals surface area contributed by atoms with Crippen molar-refractivity contribution in [1.29, 1.82) is 0 Å². The summed E-state index contributed by atoms with van der Waals surface area (Å²) < 4.78 is 5.51. The van der Waals surface area contributed by atoms with Crippen molar-refractivity contribution >= 4 is 11.8 Å². The van der Waals surface area contributed by atoms with E-state index in [9.17, 15) is 0 Å². The highest BCUT2D eigenvalue weighted by molar-refractivity contribution is 7.99. The van der Waals surface area contributed by atoms with Crippen LogP contribution in [0.3, 0.4) is 0 Å². The van der Waals surface area contributed by atoms with Crippen LogP contribution in [0.4, 0.5) is 0 Å². The van der Waals surface area contributed by atoms with E-state index in [1.165, 1.54) is 12.2 Å². The molecular weight excluding hydrogens is 244 g/mol. The van der Waals surface area contributed by atoms with Crippen molar-refractivity contribution in [2.24, 2.45) is 11.1 Å². The number of nitrogens with zero attached hydrogens (tertiary/aromatic N) is 1. The quantitative estimate of drug-likeness (QED) is 0.722. The Bertz CT molecular complexity index is 248. The smallest absolute Gasteiger partial charge is 0.0593 e. The van der Waals surface area contributed by atoms with E-state index in [0.29, 0.717) is 5.41 Å². The molecule has 0 spiro atoms. The fraction of sp³-hybridized carbons (Fsp3) is 1.00. The van der Waals surface area contributed by atoms with Gasteiger partial charge in [-0.1, -0.05) is 20.8 Å². The van der Waals surface area contributed by atoms with Crippen LogP contribution in [-0.4, -0.2) is 54.8 Å². The van der Waals surface area contributed by atoms with Crippen molar-refractivity contribution in [3.05, 3.63) is 0 Å². The summed E-state index contributed by atoms with van der Waals surface area (Å²) in [5.41, 5.74) is 6.70. The zero-order valence-electron chi connectivity index (χ0n) is 12.5. The zero-order valence-corrected chi connectivity index (χ0v) is 13.3. The molecule has 0 aromatic rings. The van der Waals surface area contributed by atoms with Gasteiger partial charge in [0.25, 0.3) is 0 Å². The Hall–Kier alpha value is 0.230. The molecule has 108 valence electrons. The number of nitrogens with two attached hydrogens (primary N) is 1. The average molecular weight is 274 g/mol. The van der Waals surface area contributed by atoms with Crippen molar-refractivity contribution < 1.29 is 4.74 Å². The Labute approximate surface area is 117 Å². The van der Waals surface area contributed by atoms with Gasteiger partial charge < -0.3 is 10.5 Å². The minimum Gasteiger partial charge on any atom is -0.380 e. The molecule has 0 bridgehead atoms. The van der Waals surface area contributed by atoms with Crippen LogP contribution in [0, 0.1) is 5.41 Å². The second-order valence-corrected chi connectivity index (χ2v) is 7.02. The van der Waals surface area contributed by atoms with Gasteiger partial charge in [-0.25, -0.2) is 0 Å². The maximum atomic E-state index is 6.14. The first kappa shape index (κ1) is 16.3. The lowest BCUT2D eigenvalue weighted by Crippen LogP contribution is -2.60. The summed E-state index contributed by atoms with van der Waals surface area (Å²) in [4.78, 5) is 2.54. The third kappa shape index (κ3) is 4.12. The molecule has 0 aromatic carbocycles. The molecule has 0 aromatic heterocycles. The normalized spacial score (nSPS) is 27.7. The molecule has 1 atom stereocenters. The molecular formula is C14H30N2OS. The lowest BCUT2D eigenvalue weighted by atomic mass is 9.78. The van der Waals surface area contributed by atoms with Crippen LogP contribution >= 0.6 is 11.8 Å². The lowest BCUT2D eigenvalue weighted by Gasteiger charge is -2.50. The topological polar surface area (TPSA) is 38.5 Å². The average Bonchev–Trinajstić information content (AvgIpc) is 2.33. The van der Waals surface area contributed by atoms with Crippen molar-refractivity contribution in [2.45, 2.75) is 39.7 Å². The van der Waals surface area contributed by atoms with Crippen LogP contribution in [0.1, 0.15) is 34.1 Å². The lowest BCUT2D eigenvalue weighted by molar-refractivity contribution is 0.0384. The van der Waals surface area contributed by atoms with Gasteiger partial charge in [-0.05, 0) is 31.1 Å². The number of likely N-dealkylation sites (N-methyl/N-ethyl adjacent to an activating group) is 1. The molecule has 0 amide bonds. The maximum Gasteiger partial charge on any atom is 0.0593 e. The molecule has 1 unspecified atom stereocenters. The van der Waals surface area contributed by atoms with E-state index in [0.717, 1.165) is 38.6 Å². The van der Waals surface area contributed by atoms with Crippen molar-refractivity contribution in [1.82, 2.24) is 4.90 Å². The van der Waals surface area contributed by atoms with Crippen LogP contribution in [0.25, 0.3) is 0 Å². The third-order valence-corrected chi connectivity index (χ3v) is 5.54. The summed E-state index contributed by atoms with van der Waals surface area (Å²) in [6.07, 6.45) is 1.20. The molecule has 2 N–H and O–H groups in total. The molecule has 1 heterocycles. The molecule has 0 aliphatic carbocycles. The van der Waals surface area contributed by atoms with E-state index in [4.69, 9.17) is 10.5 Å². The molecule has 1 aliphatic heterocycles. The number of rotatable bonds is 7. The molecule has 3 nitrogen and oxygen atoms in total. The third-order valence-electron chi connectivity index (χ3n) is 3.81. The van der Waals surface area contributed by atoms with Gasteiger partial charge in [0.2, 0.25) is 0 Å². The Morgan fingerprint density at radius 2 is 2.00 bits per heavy atom. The van der Waals surface area contributed by atoms with Gasteiger partial charge in [0, 0.05) is 31.0 Å². The molecule has 0 radical (unpaired) electrons. The second kappa shape index (κ2) is 7.13. The monoisotopic (exact) mass is 274 g/mol. The fourth-order valence-electron chi connectivity index (χ4n) is 3.02. The van der Waals surface area contributed by atoms with Gasteiger partial charge in [-0.3, -0.25) is 4.90 Å². The van der Waals surface area contributed by atoms with Gasteiger partial charge in [-0.2, -0.15) is 11.8 Å². The van der Waals surface area contributed by atoms with E-state index >= 15 is 0 Å². The first-order valence-corrected chi connectivity index (χ1v) is 8.26. The highest BCUT2D eigenvalue weighted by Crippen LogP contribution is 2.41. The van der Waals surface area contributed by atoms with Gasteiger partial charge in [0.1, 0.15) is 0 Å². The van der Waals surface area contributed by atoms with E-state index in [1.807, 2.05) is 0 Å². The summed E-state index contributed by atoms with van der Waals surface area (Å²) in [6.45, 7) is 13.4. The van der Waals surface area contributed by atoms with Crippen LogP contribution in [0.2, 0.25) is 0 Å².